The number of halogens is 2. The summed E-state index contributed by atoms with van der Waals surface area (Å²) in [6, 6.07) is 10.8. The Morgan fingerprint density at radius 3 is 2.32 bits per heavy atom. The van der Waals surface area contributed by atoms with Crippen LogP contribution in [0.15, 0.2) is 42.5 Å². The Morgan fingerprint density at radius 2 is 1.74 bits per heavy atom. The van der Waals surface area contributed by atoms with Gasteiger partial charge in [0.2, 0.25) is 0 Å². The molecule has 0 aliphatic carbocycles. The molecule has 2 aromatic rings. The van der Waals surface area contributed by atoms with E-state index in [1.54, 1.807) is 30.3 Å². The van der Waals surface area contributed by atoms with E-state index in [4.69, 9.17) is 23.2 Å². The molecule has 0 amide bonds. The lowest BCUT2D eigenvalue weighted by Gasteiger charge is -2.05. The monoisotopic (exact) mass is 295 g/mol. The van der Waals surface area contributed by atoms with Gasteiger partial charge in [-0.1, -0.05) is 53.5 Å². The van der Waals surface area contributed by atoms with Crippen LogP contribution in [0, 0.1) is 10.1 Å². The van der Waals surface area contributed by atoms with Gasteiger partial charge >= 0.3 is 0 Å². The average molecular weight is 296 g/mol. The molecule has 0 spiro atoms. The fourth-order valence-corrected chi connectivity index (χ4v) is 2.09. The zero-order chi connectivity index (χ0) is 14.0. The van der Waals surface area contributed by atoms with Gasteiger partial charge in [-0.2, -0.15) is 0 Å². The Balaban J connectivity index is 2.57. The first-order chi connectivity index (χ1) is 9.00. The summed E-state index contributed by atoms with van der Waals surface area (Å²) in [4.78, 5) is 22.4. The first-order valence-corrected chi connectivity index (χ1v) is 5.99. The standard InChI is InChI=1S/C13H7Cl2NO3/c14-9-6-10(12(15)11(7-9)16(18)19)13(17)8-4-2-1-3-5-8/h1-7H. The summed E-state index contributed by atoms with van der Waals surface area (Å²) in [6.07, 6.45) is 0. The van der Waals surface area contributed by atoms with E-state index < -0.39 is 10.7 Å². The number of nitrogens with zero attached hydrogens (tertiary/aromatic N) is 1. The first kappa shape index (κ1) is 13.5. The van der Waals surface area contributed by atoms with Crippen LogP contribution in [0.25, 0.3) is 0 Å². The maximum Gasteiger partial charge on any atom is 0.290 e. The lowest BCUT2D eigenvalue weighted by molar-refractivity contribution is -0.384. The minimum absolute atomic E-state index is 0.0204. The van der Waals surface area contributed by atoms with Crippen molar-refractivity contribution in [3.63, 3.8) is 0 Å². The summed E-state index contributed by atoms with van der Waals surface area (Å²) in [5.41, 5.74) is 0.0291. The number of nitro benzene ring substituents is 1. The molecule has 6 heteroatoms. The molecule has 0 saturated carbocycles. The van der Waals surface area contributed by atoms with Crippen LogP contribution in [0.1, 0.15) is 15.9 Å². The van der Waals surface area contributed by atoms with E-state index in [9.17, 15) is 14.9 Å². The fraction of sp³-hybridized carbons (Fsp3) is 0. The molecule has 19 heavy (non-hydrogen) atoms. The molecular weight excluding hydrogens is 289 g/mol. The highest BCUT2D eigenvalue weighted by molar-refractivity contribution is 6.38. The molecule has 0 N–H and O–H groups in total. The molecule has 0 heterocycles. The molecule has 0 unspecified atom stereocenters. The van der Waals surface area contributed by atoms with Gasteiger partial charge < -0.3 is 0 Å². The van der Waals surface area contributed by atoms with Crippen molar-refractivity contribution in [1.29, 1.82) is 0 Å². The minimum Gasteiger partial charge on any atom is -0.289 e. The maximum absolute atomic E-state index is 12.2. The van der Waals surface area contributed by atoms with E-state index in [1.807, 2.05) is 0 Å². The van der Waals surface area contributed by atoms with Crippen molar-refractivity contribution >= 4 is 34.7 Å². The van der Waals surface area contributed by atoms with Crippen molar-refractivity contribution in [3.8, 4) is 0 Å². The largest absolute Gasteiger partial charge is 0.290 e. The Hall–Kier alpha value is -1.91. The third-order valence-corrected chi connectivity index (χ3v) is 3.11. The number of benzene rings is 2. The first-order valence-electron chi connectivity index (χ1n) is 5.24. The van der Waals surface area contributed by atoms with Crippen LogP contribution in [0.3, 0.4) is 0 Å². The topological polar surface area (TPSA) is 60.2 Å². The van der Waals surface area contributed by atoms with Crippen LogP contribution >= 0.6 is 23.2 Å². The third kappa shape index (κ3) is 2.75. The average Bonchev–Trinajstić information content (AvgIpc) is 2.41. The smallest absolute Gasteiger partial charge is 0.289 e. The number of carbonyl (C=O) groups excluding carboxylic acids is 1. The third-order valence-electron chi connectivity index (χ3n) is 2.50. The van der Waals surface area contributed by atoms with Crippen molar-refractivity contribution in [2.24, 2.45) is 0 Å². The molecule has 0 aliphatic rings. The molecule has 0 saturated heterocycles. The molecule has 2 rings (SSSR count). The molecule has 0 aliphatic heterocycles. The predicted molar refractivity (Wildman–Crippen MR) is 73.0 cm³/mol. The number of carbonyl (C=O) groups is 1. The van der Waals surface area contributed by atoms with Gasteiger partial charge in [0, 0.05) is 22.2 Å². The molecule has 96 valence electrons. The lowest BCUT2D eigenvalue weighted by Crippen LogP contribution is -2.04. The molecule has 4 nitrogen and oxygen atoms in total. The molecule has 0 aromatic heterocycles. The fourth-order valence-electron chi connectivity index (χ4n) is 1.62. The van der Waals surface area contributed by atoms with Crippen molar-refractivity contribution in [3.05, 3.63) is 73.8 Å². The summed E-state index contributed by atoms with van der Waals surface area (Å²) < 4.78 is 0. The zero-order valence-corrected chi connectivity index (χ0v) is 11.0. The Bertz CT molecular complexity index is 656. The lowest BCUT2D eigenvalue weighted by atomic mass is 10.0. The van der Waals surface area contributed by atoms with Crippen LogP contribution in [0.5, 0.6) is 0 Å². The van der Waals surface area contributed by atoms with E-state index in [2.05, 4.69) is 0 Å². The number of ketones is 1. The second-order valence-corrected chi connectivity index (χ2v) is 4.55. The molecule has 0 atom stereocenters. The SMILES string of the molecule is O=C(c1ccccc1)c1cc(Cl)cc([N+](=O)[O-])c1Cl. The summed E-state index contributed by atoms with van der Waals surface area (Å²) in [5, 5.41) is 10.7. The van der Waals surface area contributed by atoms with Crippen molar-refractivity contribution in [2.45, 2.75) is 0 Å². The number of hydrogen-bond donors (Lipinski definition) is 0. The van der Waals surface area contributed by atoms with Crippen molar-refractivity contribution in [2.75, 3.05) is 0 Å². The Labute approximate surface area is 118 Å². The van der Waals surface area contributed by atoms with Gasteiger partial charge in [0.1, 0.15) is 5.02 Å². The summed E-state index contributed by atoms with van der Waals surface area (Å²) >= 11 is 11.7. The van der Waals surface area contributed by atoms with Crippen molar-refractivity contribution in [1.82, 2.24) is 0 Å². The highest BCUT2D eigenvalue weighted by Gasteiger charge is 2.22. The summed E-state index contributed by atoms with van der Waals surface area (Å²) in [5.74, 6) is -0.406. The van der Waals surface area contributed by atoms with E-state index in [1.165, 1.54) is 6.07 Å². The van der Waals surface area contributed by atoms with Crippen LogP contribution < -0.4 is 0 Å². The van der Waals surface area contributed by atoms with Crippen molar-refractivity contribution < 1.29 is 9.72 Å². The maximum atomic E-state index is 12.2. The van der Waals surface area contributed by atoms with Gasteiger partial charge in [0.15, 0.2) is 5.78 Å². The van der Waals surface area contributed by atoms with Crippen LogP contribution in [-0.2, 0) is 0 Å². The van der Waals surface area contributed by atoms with Crippen LogP contribution in [0.4, 0.5) is 5.69 Å². The number of rotatable bonds is 3. The minimum atomic E-state index is -0.671. The molecule has 0 fully saturated rings. The van der Waals surface area contributed by atoms with Crippen LogP contribution in [0.2, 0.25) is 10.0 Å². The van der Waals surface area contributed by atoms with Gasteiger partial charge in [0.05, 0.1) is 4.92 Å². The Kier molecular flexibility index (Phi) is 3.83. The van der Waals surface area contributed by atoms with Gasteiger partial charge in [-0.25, -0.2) is 0 Å². The number of hydrogen-bond acceptors (Lipinski definition) is 3. The van der Waals surface area contributed by atoms with Gasteiger partial charge in [0.25, 0.3) is 5.69 Å². The van der Waals surface area contributed by atoms with E-state index in [0.29, 0.717) is 5.56 Å². The van der Waals surface area contributed by atoms with E-state index in [-0.39, 0.29) is 21.3 Å². The number of nitro groups is 1. The molecule has 2 aromatic carbocycles. The summed E-state index contributed by atoms with van der Waals surface area (Å²) in [6.45, 7) is 0. The van der Waals surface area contributed by atoms with E-state index in [0.717, 1.165) is 6.07 Å². The zero-order valence-electron chi connectivity index (χ0n) is 9.47. The second kappa shape index (κ2) is 5.38. The normalized spacial score (nSPS) is 10.2. The highest BCUT2D eigenvalue weighted by atomic mass is 35.5. The highest BCUT2D eigenvalue weighted by Crippen LogP contribution is 2.32. The molecule has 0 radical (unpaired) electrons. The quantitative estimate of drug-likeness (QED) is 0.486. The molecule has 0 bridgehead atoms. The van der Waals surface area contributed by atoms with E-state index >= 15 is 0 Å². The summed E-state index contributed by atoms with van der Waals surface area (Å²) in [7, 11) is 0. The Morgan fingerprint density at radius 1 is 1.11 bits per heavy atom. The second-order valence-electron chi connectivity index (χ2n) is 3.74. The van der Waals surface area contributed by atoms with Gasteiger partial charge in [-0.3, -0.25) is 14.9 Å². The predicted octanol–water partition coefficient (Wildman–Crippen LogP) is 4.13. The molecular formula is C13H7Cl2NO3. The van der Waals surface area contributed by atoms with Crippen LogP contribution in [-0.4, -0.2) is 10.7 Å². The van der Waals surface area contributed by atoms with Gasteiger partial charge in [-0.15, -0.1) is 0 Å². The van der Waals surface area contributed by atoms with Gasteiger partial charge in [-0.05, 0) is 6.07 Å².